The van der Waals surface area contributed by atoms with Crippen molar-refractivity contribution < 1.29 is 4.52 Å². The topological polar surface area (TPSA) is 68.8 Å². The summed E-state index contributed by atoms with van der Waals surface area (Å²) in [7, 11) is 0. The summed E-state index contributed by atoms with van der Waals surface area (Å²) in [6.45, 7) is 5.64. The zero-order valence-electron chi connectivity index (χ0n) is 11.3. The minimum absolute atomic E-state index is 0.308. The largest absolute Gasteiger partial charge is 0.339 e. The van der Waals surface area contributed by atoms with Gasteiger partial charge in [0, 0.05) is 18.2 Å². The van der Waals surface area contributed by atoms with Crippen LogP contribution < -0.4 is 5.32 Å². The molecule has 2 aromatic heterocycles. The Labute approximate surface area is 112 Å². The van der Waals surface area contributed by atoms with Gasteiger partial charge in [-0.2, -0.15) is 10.1 Å². The van der Waals surface area contributed by atoms with Gasteiger partial charge in [0.2, 0.25) is 5.89 Å². The quantitative estimate of drug-likeness (QED) is 0.856. The number of aromatic nitrogens is 4. The summed E-state index contributed by atoms with van der Waals surface area (Å²) in [6.07, 6.45) is 6.28. The molecule has 0 spiro atoms. The molecule has 3 rings (SSSR count). The normalized spacial score (nSPS) is 16.7. The van der Waals surface area contributed by atoms with Crippen molar-refractivity contribution in [2.24, 2.45) is 0 Å². The fraction of sp³-hybridized carbons (Fsp3) is 0.615. The van der Waals surface area contributed by atoms with E-state index in [-0.39, 0.29) is 0 Å². The Kier molecular flexibility index (Phi) is 3.33. The first-order chi connectivity index (χ1) is 9.20. The molecule has 0 amide bonds. The van der Waals surface area contributed by atoms with Crippen molar-refractivity contribution in [1.82, 2.24) is 25.2 Å². The molecule has 0 saturated heterocycles. The van der Waals surface area contributed by atoms with Gasteiger partial charge in [0.15, 0.2) is 5.82 Å². The van der Waals surface area contributed by atoms with Crippen molar-refractivity contribution in [3.8, 4) is 0 Å². The van der Waals surface area contributed by atoms with Crippen LogP contribution in [-0.2, 0) is 13.1 Å². The number of hydrogen-bond acceptors (Lipinski definition) is 5. The summed E-state index contributed by atoms with van der Waals surface area (Å²) < 4.78 is 7.17. The molecule has 0 bridgehead atoms. The summed E-state index contributed by atoms with van der Waals surface area (Å²) in [5, 5.41) is 11.6. The number of nitrogens with zero attached hydrogens (tertiary/aromatic N) is 4. The molecule has 0 unspecified atom stereocenters. The smallest absolute Gasteiger partial charge is 0.229 e. The molecule has 2 heterocycles. The van der Waals surface area contributed by atoms with Gasteiger partial charge in [-0.1, -0.05) is 5.16 Å². The second-order valence-corrected chi connectivity index (χ2v) is 5.34. The van der Waals surface area contributed by atoms with Gasteiger partial charge in [0.05, 0.1) is 19.3 Å². The molecule has 0 aromatic carbocycles. The van der Waals surface area contributed by atoms with Gasteiger partial charge in [-0.25, -0.2) is 0 Å². The standard InChI is InChI=1S/C13H19N5O/c1-9-5-15-18(7-9)8-10(2)14-6-12-16-13(19-17-12)11-3-4-11/h5,7,10-11,14H,3-4,6,8H2,1-2H3/t10-/m1/s1. The Morgan fingerprint density at radius 3 is 3.05 bits per heavy atom. The van der Waals surface area contributed by atoms with Crippen LogP contribution in [0.25, 0.3) is 0 Å². The SMILES string of the molecule is Cc1cnn(C[C@@H](C)NCc2noc(C3CC3)n2)c1. The van der Waals surface area contributed by atoms with Gasteiger partial charge in [-0.15, -0.1) is 0 Å². The third-order valence-electron chi connectivity index (χ3n) is 3.24. The first-order valence-corrected chi connectivity index (χ1v) is 6.75. The minimum atomic E-state index is 0.308. The van der Waals surface area contributed by atoms with Crippen LogP contribution in [0.2, 0.25) is 0 Å². The number of nitrogens with one attached hydrogen (secondary N) is 1. The first-order valence-electron chi connectivity index (χ1n) is 6.75. The lowest BCUT2D eigenvalue weighted by atomic mass is 10.3. The van der Waals surface area contributed by atoms with E-state index in [0.717, 1.165) is 18.3 Å². The lowest BCUT2D eigenvalue weighted by molar-refractivity contribution is 0.369. The lowest BCUT2D eigenvalue weighted by Crippen LogP contribution is -2.30. The van der Waals surface area contributed by atoms with Gasteiger partial charge >= 0.3 is 0 Å². The van der Waals surface area contributed by atoms with E-state index in [1.165, 1.54) is 18.4 Å². The van der Waals surface area contributed by atoms with E-state index in [1.807, 2.05) is 24.0 Å². The summed E-state index contributed by atoms with van der Waals surface area (Å²) in [6, 6.07) is 0.308. The van der Waals surface area contributed by atoms with Crippen LogP contribution in [-0.4, -0.2) is 26.0 Å². The summed E-state index contributed by atoms with van der Waals surface area (Å²) in [5.41, 5.74) is 1.18. The average Bonchev–Trinajstić information content (AvgIpc) is 2.99. The summed E-state index contributed by atoms with van der Waals surface area (Å²) in [4.78, 5) is 4.39. The summed E-state index contributed by atoms with van der Waals surface area (Å²) in [5.74, 6) is 2.06. The molecule has 0 aliphatic heterocycles. The van der Waals surface area contributed by atoms with E-state index < -0.39 is 0 Å². The van der Waals surface area contributed by atoms with Crippen molar-refractivity contribution in [3.63, 3.8) is 0 Å². The van der Waals surface area contributed by atoms with Gasteiger partial charge in [-0.3, -0.25) is 4.68 Å². The monoisotopic (exact) mass is 261 g/mol. The Morgan fingerprint density at radius 2 is 2.37 bits per heavy atom. The Morgan fingerprint density at radius 1 is 1.53 bits per heavy atom. The molecule has 1 saturated carbocycles. The molecule has 1 aliphatic carbocycles. The molecule has 102 valence electrons. The molecule has 6 nitrogen and oxygen atoms in total. The minimum Gasteiger partial charge on any atom is -0.339 e. The van der Waals surface area contributed by atoms with Crippen molar-refractivity contribution in [2.45, 2.75) is 51.7 Å². The second-order valence-electron chi connectivity index (χ2n) is 5.34. The van der Waals surface area contributed by atoms with Crippen LogP contribution in [0.3, 0.4) is 0 Å². The zero-order valence-corrected chi connectivity index (χ0v) is 11.3. The maximum atomic E-state index is 5.22. The molecule has 1 aliphatic rings. The molecule has 1 N–H and O–H groups in total. The van der Waals surface area contributed by atoms with Crippen molar-refractivity contribution in [2.75, 3.05) is 0 Å². The van der Waals surface area contributed by atoms with Gasteiger partial charge in [-0.05, 0) is 32.3 Å². The lowest BCUT2D eigenvalue weighted by Gasteiger charge is -2.12. The maximum absolute atomic E-state index is 5.22. The van der Waals surface area contributed by atoms with Crippen LogP contribution >= 0.6 is 0 Å². The third-order valence-corrected chi connectivity index (χ3v) is 3.24. The highest BCUT2D eigenvalue weighted by molar-refractivity contribution is 5.02. The van der Waals surface area contributed by atoms with E-state index in [2.05, 4.69) is 27.5 Å². The molecule has 1 atom stereocenters. The predicted octanol–water partition coefficient (Wildman–Crippen LogP) is 1.63. The molecule has 6 heteroatoms. The van der Waals surface area contributed by atoms with E-state index in [9.17, 15) is 0 Å². The van der Waals surface area contributed by atoms with Gasteiger partial charge in [0.25, 0.3) is 0 Å². The van der Waals surface area contributed by atoms with E-state index in [4.69, 9.17) is 4.52 Å². The van der Waals surface area contributed by atoms with Crippen LogP contribution in [0.15, 0.2) is 16.9 Å². The van der Waals surface area contributed by atoms with Crippen molar-refractivity contribution >= 4 is 0 Å². The van der Waals surface area contributed by atoms with Gasteiger partial charge < -0.3 is 9.84 Å². The third kappa shape index (κ3) is 3.20. The Bertz CT molecular complexity index is 543. The fourth-order valence-corrected chi connectivity index (χ4v) is 2.01. The highest BCUT2D eigenvalue weighted by Gasteiger charge is 2.29. The first kappa shape index (κ1) is 12.3. The fourth-order valence-electron chi connectivity index (χ4n) is 2.01. The predicted molar refractivity (Wildman–Crippen MR) is 69.5 cm³/mol. The second kappa shape index (κ2) is 5.13. The van der Waals surface area contributed by atoms with Crippen LogP contribution in [0.4, 0.5) is 0 Å². The molecule has 0 radical (unpaired) electrons. The van der Waals surface area contributed by atoms with Crippen LogP contribution in [0.5, 0.6) is 0 Å². The number of aryl methyl sites for hydroxylation is 1. The Balaban J connectivity index is 1.47. The number of rotatable bonds is 6. The van der Waals surface area contributed by atoms with Crippen molar-refractivity contribution in [1.29, 1.82) is 0 Å². The van der Waals surface area contributed by atoms with Gasteiger partial charge in [0.1, 0.15) is 0 Å². The average molecular weight is 261 g/mol. The van der Waals surface area contributed by atoms with E-state index in [1.54, 1.807) is 0 Å². The highest BCUT2D eigenvalue weighted by Crippen LogP contribution is 2.38. The molecular formula is C13H19N5O. The van der Waals surface area contributed by atoms with Crippen LogP contribution in [0.1, 0.15) is 43.0 Å². The number of hydrogen-bond donors (Lipinski definition) is 1. The Hall–Kier alpha value is -1.69. The molecular weight excluding hydrogens is 242 g/mol. The van der Waals surface area contributed by atoms with E-state index in [0.29, 0.717) is 18.5 Å². The highest BCUT2D eigenvalue weighted by atomic mass is 16.5. The van der Waals surface area contributed by atoms with E-state index >= 15 is 0 Å². The van der Waals surface area contributed by atoms with Crippen LogP contribution in [0, 0.1) is 6.92 Å². The zero-order chi connectivity index (χ0) is 13.2. The molecule has 19 heavy (non-hydrogen) atoms. The summed E-state index contributed by atoms with van der Waals surface area (Å²) >= 11 is 0. The molecule has 1 fully saturated rings. The van der Waals surface area contributed by atoms with Crippen molar-refractivity contribution in [3.05, 3.63) is 29.7 Å². The maximum Gasteiger partial charge on any atom is 0.229 e. The molecule has 2 aromatic rings.